The lowest BCUT2D eigenvalue weighted by Crippen LogP contribution is -2.39. The molecule has 0 spiro atoms. The van der Waals surface area contributed by atoms with Gasteiger partial charge in [0, 0.05) is 37.8 Å². The number of aromatic nitrogens is 4. The molecule has 1 saturated heterocycles. The number of likely N-dealkylation sites (tertiary alicyclic amines) is 1. The fraction of sp³-hybridized carbons (Fsp3) is 0.706. The van der Waals surface area contributed by atoms with Crippen LogP contribution in [0.3, 0.4) is 0 Å². The largest absolute Gasteiger partial charge is 0.342 e. The molecule has 4 rings (SSSR count). The van der Waals surface area contributed by atoms with E-state index < -0.39 is 5.92 Å². The molecule has 1 unspecified atom stereocenters. The molecule has 1 aliphatic carbocycles. The number of halogens is 2. The van der Waals surface area contributed by atoms with Crippen LogP contribution in [-0.4, -0.2) is 50.3 Å². The van der Waals surface area contributed by atoms with Crippen LogP contribution < -0.4 is 0 Å². The number of hydrogen-bond acceptors (Lipinski definition) is 7. The number of nitrogens with zero attached hydrogens (tertiary/aromatic N) is 5. The molecule has 8 nitrogen and oxygen atoms in total. The topological polar surface area (TPSA) is 98.2 Å². The zero-order valence-electron chi connectivity index (χ0n) is 15.0. The second-order valence-corrected chi connectivity index (χ2v) is 7.41. The lowest BCUT2D eigenvalue weighted by molar-refractivity contribution is -0.131. The molecule has 0 aromatic carbocycles. The van der Waals surface area contributed by atoms with E-state index in [9.17, 15) is 13.6 Å². The first-order chi connectivity index (χ1) is 12.9. The SMILES string of the molecule is Cc1nonc1CC(=O)N1CCC(c2nc(C3CCC(F)(F)C3)no2)CC1. The third kappa shape index (κ3) is 3.84. The van der Waals surface area contributed by atoms with Crippen LogP contribution in [0.4, 0.5) is 8.78 Å². The van der Waals surface area contributed by atoms with Gasteiger partial charge in [-0.1, -0.05) is 15.5 Å². The van der Waals surface area contributed by atoms with Gasteiger partial charge in [0.2, 0.25) is 17.7 Å². The van der Waals surface area contributed by atoms with E-state index in [4.69, 9.17) is 4.52 Å². The van der Waals surface area contributed by atoms with E-state index in [2.05, 4.69) is 25.1 Å². The van der Waals surface area contributed by atoms with Gasteiger partial charge in [0.25, 0.3) is 0 Å². The van der Waals surface area contributed by atoms with Crippen molar-refractivity contribution in [1.82, 2.24) is 25.4 Å². The van der Waals surface area contributed by atoms with Gasteiger partial charge in [-0.2, -0.15) is 4.98 Å². The van der Waals surface area contributed by atoms with Crippen molar-refractivity contribution in [2.24, 2.45) is 0 Å². The number of amides is 1. The minimum Gasteiger partial charge on any atom is -0.342 e. The quantitative estimate of drug-likeness (QED) is 0.803. The molecule has 0 N–H and O–H groups in total. The zero-order chi connectivity index (χ0) is 19.0. The average molecular weight is 381 g/mol. The monoisotopic (exact) mass is 381 g/mol. The van der Waals surface area contributed by atoms with Gasteiger partial charge >= 0.3 is 0 Å². The Morgan fingerprint density at radius 1 is 1.19 bits per heavy atom. The molecule has 2 aromatic heterocycles. The highest BCUT2D eigenvalue weighted by atomic mass is 19.3. The van der Waals surface area contributed by atoms with Gasteiger partial charge in [-0.25, -0.2) is 13.4 Å². The summed E-state index contributed by atoms with van der Waals surface area (Å²) in [5.74, 6) is -2.06. The van der Waals surface area contributed by atoms with Crippen molar-refractivity contribution in [3.05, 3.63) is 23.1 Å². The molecule has 1 aliphatic heterocycles. The fourth-order valence-electron chi connectivity index (χ4n) is 3.79. The Bertz CT molecular complexity index is 813. The highest BCUT2D eigenvalue weighted by Crippen LogP contribution is 2.43. The van der Waals surface area contributed by atoms with Crippen LogP contribution in [0.15, 0.2) is 9.15 Å². The standard InChI is InChI=1S/C17H21F2N5O3/c1-10-13(22-27-21-10)8-14(25)24-6-3-11(4-7-24)16-20-15(23-26-16)12-2-5-17(18,19)9-12/h11-12H,2-9H2,1H3. The van der Waals surface area contributed by atoms with Crippen LogP contribution in [0.25, 0.3) is 0 Å². The molecule has 1 amide bonds. The van der Waals surface area contributed by atoms with Crippen LogP contribution in [0, 0.1) is 6.92 Å². The average Bonchev–Trinajstić information content (AvgIpc) is 3.36. The van der Waals surface area contributed by atoms with E-state index in [0.29, 0.717) is 55.5 Å². The van der Waals surface area contributed by atoms with E-state index in [1.165, 1.54) is 0 Å². The first-order valence-electron chi connectivity index (χ1n) is 9.18. The summed E-state index contributed by atoms with van der Waals surface area (Å²) in [4.78, 5) is 18.5. The number of piperidine rings is 1. The van der Waals surface area contributed by atoms with E-state index in [1.807, 2.05) is 0 Å². The van der Waals surface area contributed by atoms with E-state index >= 15 is 0 Å². The molecule has 10 heteroatoms. The number of carbonyl (C=O) groups excluding carboxylic acids is 1. The molecule has 1 saturated carbocycles. The predicted molar refractivity (Wildman–Crippen MR) is 87.1 cm³/mol. The lowest BCUT2D eigenvalue weighted by Gasteiger charge is -2.30. The van der Waals surface area contributed by atoms with E-state index in [0.717, 1.165) is 0 Å². The van der Waals surface area contributed by atoms with Crippen LogP contribution >= 0.6 is 0 Å². The fourth-order valence-corrected chi connectivity index (χ4v) is 3.79. The Balaban J connectivity index is 1.32. The number of aryl methyl sites for hydroxylation is 1. The molecule has 2 aromatic rings. The Morgan fingerprint density at radius 2 is 1.96 bits per heavy atom. The van der Waals surface area contributed by atoms with Crippen molar-refractivity contribution >= 4 is 5.91 Å². The summed E-state index contributed by atoms with van der Waals surface area (Å²) in [6.45, 7) is 2.90. The van der Waals surface area contributed by atoms with Gasteiger partial charge in [-0.3, -0.25) is 4.79 Å². The van der Waals surface area contributed by atoms with Crippen molar-refractivity contribution in [3.63, 3.8) is 0 Å². The summed E-state index contributed by atoms with van der Waals surface area (Å²) in [5.41, 5.74) is 1.17. The number of carbonyl (C=O) groups is 1. The molecular formula is C17H21F2N5O3. The Hall–Kier alpha value is -2.39. The molecular weight excluding hydrogens is 360 g/mol. The normalized spacial score (nSPS) is 23.1. The van der Waals surface area contributed by atoms with Gasteiger partial charge in [0.1, 0.15) is 11.4 Å². The Kier molecular flexibility index (Phi) is 4.65. The molecule has 2 fully saturated rings. The predicted octanol–water partition coefficient (Wildman–Crippen LogP) is 2.61. The smallest absolute Gasteiger partial charge is 0.248 e. The van der Waals surface area contributed by atoms with Crippen molar-refractivity contribution in [3.8, 4) is 0 Å². The minimum atomic E-state index is -2.63. The zero-order valence-corrected chi connectivity index (χ0v) is 15.0. The maximum Gasteiger partial charge on any atom is 0.248 e. The first-order valence-corrected chi connectivity index (χ1v) is 9.18. The molecule has 0 radical (unpaired) electrons. The van der Waals surface area contributed by atoms with Crippen molar-refractivity contribution in [2.45, 2.75) is 63.2 Å². The molecule has 27 heavy (non-hydrogen) atoms. The summed E-state index contributed by atoms with van der Waals surface area (Å²) in [6.07, 6.45) is 1.61. The van der Waals surface area contributed by atoms with Crippen molar-refractivity contribution in [2.75, 3.05) is 13.1 Å². The summed E-state index contributed by atoms with van der Waals surface area (Å²) < 4.78 is 36.7. The second-order valence-electron chi connectivity index (χ2n) is 7.41. The third-order valence-electron chi connectivity index (χ3n) is 5.49. The van der Waals surface area contributed by atoms with Gasteiger partial charge in [0.05, 0.1) is 6.42 Å². The van der Waals surface area contributed by atoms with Crippen LogP contribution in [-0.2, 0) is 11.2 Å². The molecule has 1 atom stereocenters. The van der Waals surface area contributed by atoms with Crippen LogP contribution in [0.2, 0.25) is 0 Å². The van der Waals surface area contributed by atoms with Gasteiger partial charge in [-0.15, -0.1) is 0 Å². The number of rotatable bonds is 4. The summed E-state index contributed by atoms with van der Waals surface area (Å²) in [6, 6.07) is 0. The van der Waals surface area contributed by atoms with Crippen molar-refractivity contribution in [1.29, 1.82) is 0 Å². The lowest BCUT2D eigenvalue weighted by atomic mass is 9.96. The van der Waals surface area contributed by atoms with Crippen molar-refractivity contribution < 1.29 is 22.7 Å². The molecule has 146 valence electrons. The Labute approximate surface area is 154 Å². The molecule has 0 bridgehead atoms. The van der Waals surface area contributed by atoms with Gasteiger partial charge < -0.3 is 9.42 Å². The highest BCUT2D eigenvalue weighted by molar-refractivity contribution is 5.78. The van der Waals surface area contributed by atoms with Gasteiger partial charge in [-0.05, 0) is 26.2 Å². The van der Waals surface area contributed by atoms with E-state index in [-0.39, 0.29) is 37.0 Å². The van der Waals surface area contributed by atoms with Crippen LogP contribution in [0.1, 0.15) is 67.0 Å². The first kappa shape index (κ1) is 18.0. The third-order valence-corrected chi connectivity index (χ3v) is 5.49. The van der Waals surface area contributed by atoms with E-state index in [1.54, 1.807) is 11.8 Å². The maximum atomic E-state index is 13.4. The second kappa shape index (κ2) is 6.97. The Morgan fingerprint density at radius 3 is 2.59 bits per heavy atom. The molecule has 2 aliphatic rings. The minimum absolute atomic E-state index is 0.0216. The summed E-state index contributed by atoms with van der Waals surface area (Å²) in [7, 11) is 0. The molecule has 3 heterocycles. The number of alkyl halides is 2. The van der Waals surface area contributed by atoms with Gasteiger partial charge in [0.15, 0.2) is 5.82 Å². The number of hydrogen-bond donors (Lipinski definition) is 0. The summed E-state index contributed by atoms with van der Waals surface area (Å²) >= 11 is 0. The van der Waals surface area contributed by atoms with Crippen LogP contribution in [0.5, 0.6) is 0 Å². The highest BCUT2D eigenvalue weighted by Gasteiger charge is 2.42. The maximum absolute atomic E-state index is 13.4. The summed E-state index contributed by atoms with van der Waals surface area (Å²) in [5, 5.41) is 11.3.